The van der Waals surface area contributed by atoms with Gasteiger partial charge in [0.15, 0.2) is 18.5 Å². The summed E-state index contributed by atoms with van der Waals surface area (Å²) in [7, 11) is 0. The molecule has 0 aliphatic heterocycles. The molecule has 3 heteroatoms. The van der Waals surface area contributed by atoms with Crippen molar-refractivity contribution in [2.75, 3.05) is 0 Å². The zero-order valence-corrected chi connectivity index (χ0v) is 9.98. The lowest BCUT2D eigenvalue weighted by atomic mass is 10.2. The SMILES string of the molecule is Cc1c(O)c(S)cc[n+]1Cc1ccccc1. The minimum absolute atomic E-state index is 0.252. The van der Waals surface area contributed by atoms with Crippen LogP contribution in [0.4, 0.5) is 0 Å². The third-order valence-electron chi connectivity index (χ3n) is 2.62. The first kappa shape index (κ1) is 11.0. The molecule has 2 aromatic rings. The molecule has 0 fully saturated rings. The predicted molar refractivity (Wildman–Crippen MR) is 65.8 cm³/mol. The average Bonchev–Trinajstić information content (AvgIpc) is 2.31. The van der Waals surface area contributed by atoms with Crippen LogP contribution in [0.15, 0.2) is 47.5 Å². The van der Waals surface area contributed by atoms with Crippen LogP contribution in [0, 0.1) is 6.92 Å². The summed E-state index contributed by atoms with van der Waals surface area (Å²) in [4.78, 5) is 0.613. The normalized spacial score (nSPS) is 10.4. The van der Waals surface area contributed by atoms with E-state index in [2.05, 4.69) is 24.8 Å². The highest BCUT2D eigenvalue weighted by molar-refractivity contribution is 7.80. The lowest BCUT2D eigenvalue weighted by Gasteiger charge is -2.04. The number of thiol groups is 1. The van der Waals surface area contributed by atoms with E-state index in [9.17, 15) is 5.11 Å². The van der Waals surface area contributed by atoms with E-state index in [1.807, 2.05) is 35.9 Å². The van der Waals surface area contributed by atoms with Gasteiger partial charge in [0.05, 0.1) is 4.90 Å². The Balaban J connectivity index is 2.33. The van der Waals surface area contributed by atoms with Gasteiger partial charge in [-0.25, -0.2) is 0 Å². The van der Waals surface area contributed by atoms with Crippen molar-refractivity contribution in [2.24, 2.45) is 0 Å². The molecule has 0 aliphatic carbocycles. The fourth-order valence-electron chi connectivity index (χ4n) is 1.62. The molecule has 0 saturated heterocycles. The first-order valence-electron chi connectivity index (χ1n) is 5.13. The van der Waals surface area contributed by atoms with Gasteiger partial charge in [-0.15, -0.1) is 12.6 Å². The Morgan fingerprint density at radius 2 is 1.88 bits per heavy atom. The molecule has 16 heavy (non-hydrogen) atoms. The number of nitrogens with zero attached hydrogens (tertiary/aromatic N) is 1. The Morgan fingerprint density at radius 3 is 2.56 bits per heavy atom. The first-order chi connectivity index (χ1) is 7.68. The highest BCUT2D eigenvalue weighted by atomic mass is 32.1. The predicted octanol–water partition coefficient (Wildman–Crippen LogP) is 2.33. The molecule has 0 amide bonds. The molecule has 1 aromatic heterocycles. The topological polar surface area (TPSA) is 24.1 Å². The summed E-state index contributed by atoms with van der Waals surface area (Å²) >= 11 is 4.18. The number of aromatic hydroxyl groups is 1. The third kappa shape index (κ3) is 2.19. The lowest BCUT2D eigenvalue weighted by molar-refractivity contribution is -0.695. The summed E-state index contributed by atoms with van der Waals surface area (Å²) in [6.07, 6.45) is 1.93. The molecule has 1 heterocycles. The van der Waals surface area contributed by atoms with Crippen LogP contribution in [0.5, 0.6) is 5.75 Å². The van der Waals surface area contributed by atoms with Crippen molar-refractivity contribution in [2.45, 2.75) is 18.4 Å². The number of aromatic nitrogens is 1. The lowest BCUT2D eigenvalue weighted by Crippen LogP contribution is -2.37. The Kier molecular flexibility index (Phi) is 3.15. The van der Waals surface area contributed by atoms with Crippen molar-refractivity contribution in [3.63, 3.8) is 0 Å². The Labute approximate surface area is 101 Å². The van der Waals surface area contributed by atoms with Gasteiger partial charge in [0, 0.05) is 18.6 Å². The Hall–Kier alpha value is -1.48. The van der Waals surface area contributed by atoms with Crippen LogP contribution in [-0.4, -0.2) is 5.11 Å². The fourth-order valence-corrected chi connectivity index (χ4v) is 1.85. The maximum atomic E-state index is 9.77. The van der Waals surface area contributed by atoms with Gasteiger partial charge in [0.1, 0.15) is 0 Å². The largest absolute Gasteiger partial charge is 0.502 e. The van der Waals surface area contributed by atoms with E-state index in [0.717, 1.165) is 12.2 Å². The molecule has 2 rings (SSSR count). The summed E-state index contributed by atoms with van der Waals surface area (Å²) in [6, 6.07) is 12.0. The van der Waals surface area contributed by atoms with Crippen molar-refractivity contribution < 1.29 is 9.67 Å². The molecule has 0 atom stereocenters. The monoisotopic (exact) mass is 232 g/mol. The average molecular weight is 232 g/mol. The zero-order valence-electron chi connectivity index (χ0n) is 9.09. The van der Waals surface area contributed by atoms with Crippen molar-refractivity contribution in [3.8, 4) is 5.75 Å². The van der Waals surface area contributed by atoms with Gasteiger partial charge < -0.3 is 5.11 Å². The summed E-state index contributed by atoms with van der Waals surface area (Å²) in [5.74, 6) is 0.252. The highest BCUT2D eigenvalue weighted by Gasteiger charge is 2.13. The van der Waals surface area contributed by atoms with Crippen LogP contribution >= 0.6 is 12.6 Å². The van der Waals surface area contributed by atoms with Crippen LogP contribution in [-0.2, 0) is 6.54 Å². The van der Waals surface area contributed by atoms with E-state index in [0.29, 0.717) is 4.90 Å². The van der Waals surface area contributed by atoms with Gasteiger partial charge in [-0.05, 0) is 0 Å². The maximum Gasteiger partial charge on any atom is 0.221 e. The number of rotatable bonds is 2. The molecular weight excluding hydrogens is 218 g/mol. The fraction of sp³-hybridized carbons (Fsp3) is 0.154. The van der Waals surface area contributed by atoms with Crippen molar-refractivity contribution in [1.29, 1.82) is 0 Å². The second-order valence-corrected chi connectivity index (χ2v) is 4.23. The summed E-state index contributed by atoms with van der Waals surface area (Å²) in [5, 5.41) is 9.77. The zero-order chi connectivity index (χ0) is 11.5. The smallest absolute Gasteiger partial charge is 0.221 e. The summed E-state index contributed by atoms with van der Waals surface area (Å²) in [6.45, 7) is 2.65. The molecule has 0 spiro atoms. The number of benzene rings is 1. The van der Waals surface area contributed by atoms with E-state index < -0.39 is 0 Å². The van der Waals surface area contributed by atoms with Crippen molar-refractivity contribution in [3.05, 3.63) is 53.9 Å². The Bertz CT molecular complexity index is 497. The van der Waals surface area contributed by atoms with Crippen molar-refractivity contribution >= 4 is 12.6 Å². The first-order valence-corrected chi connectivity index (χ1v) is 5.58. The number of pyridine rings is 1. The summed E-state index contributed by atoms with van der Waals surface area (Å²) in [5.41, 5.74) is 2.04. The summed E-state index contributed by atoms with van der Waals surface area (Å²) < 4.78 is 2.00. The highest BCUT2D eigenvalue weighted by Crippen LogP contribution is 2.21. The molecule has 0 radical (unpaired) electrons. The Morgan fingerprint density at radius 1 is 1.19 bits per heavy atom. The molecule has 0 saturated carbocycles. The minimum atomic E-state index is 0.252. The van der Waals surface area contributed by atoms with E-state index >= 15 is 0 Å². The standard InChI is InChI=1S/C13H13NOS/c1-10-13(15)12(16)7-8-14(10)9-11-5-3-2-4-6-11/h2-8,15H,9H2,1H3/p+1. The van der Waals surface area contributed by atoms with Crippen molar-refractivity contribution in [1.82, 2.24) is 0 Å². The molecule has 0 unspecified atom stereocenters. The van der Waals surface area contributed by atoms with E-state index in [1.54, 1.807) is 6.07 Å². The second-order valence-electron chi connectivity index (χ2n) is 3.75. The third-order valence-corrected chi connectivity index (χ3v) is 2.99. The maximum absolute atomic E-state index is 9.77. The molecule has 2 nitrogen and oxygen atoms in total. The van der Waals surface area contributed by atoms with Crippen LogP contribution in [0.1, 0.15) is 11.3 Å². The van der Waals surface area contributed by atoms with Gasteiger partial charge >= 0.3 is 0 Å². The molecule has 1 N–H and O–H groups in total. The number of hydrogen-bond acceptors (Lipinski definition) is 2. The van der Waals surface area contributed by atoms with Gasteiger partial charge in [-0.2, -0.15) is 4.57 Å². The molecular formula is C13H14NOS+. The second kappa shape index (κ2) is 4.58. The van der Waals surface area contributed by atoms with Gasteiger partial charge in [0.2, 0.25) is 5.69 Å². The minimum Gasteiger partial charge on any atom is -0.502 e. The molecule has 1 aromatic carbocycles. The molecule has 0 aliphatic rings. The van der Waals surface area contributed by atoms with Crippen LogP contribution in [0.2, 0.25) is 0 Å². The van der Waals surface area contributed by atoms with Crippen LogP contribution < -0.4 is 4.57 Å². The van der Waals surface area contributed by atoms with E-state index in [-0.39, 0.29) is 5.75 Å². The molecule has 82 valence electrons. The van der Waals surface area contributed by atoms with Gasteiger partial charge in [0.25, 0.3) is 0 Å². The quantitative estimate of drug-likeness (QED) is 0.602. The van der Waals surface area contributed by atoms with Gasteiger partial charge in [-0.3, -0.25) is 0 Å². The van der Waals surface area contributed by atoms with Gasteiger partial charge in [-0.1, -0.05) is 30.3 Å². The van der Waals surface area contributed by atoms with E-state index in [1.165, 1.54) is 5.56 Å². The number of hydrogen-bond donors (Lipinski definition) is 2. The van der Waals surface area contributed by atoms with E-state index in [4.69, 9.17) is 0 Å². The van der Waals surface area contributed by atoms with Crippen LogP contribution in [0.3, 0.4) is 0 Å². The van der Waals surface area contributed by atoms with Crippen LogP contribution in [0.25, 0.3) is 0 Å². The molecule has 0 bridgehead atoms.